The van der Waals surface area contributed by atoms with Gasteiger partial charge in [0.05, 0.1) is 11.5 Å². The number of hydrogen-bond acceptors (Lipinski definition) is 4. The summed E-state index contributed by atoms with van der Waals surface area (Å²) in [5.74, 6) is 4.91. The van der Waals surface area contributed by atoms with Crippen molar-refractivity contribution in [2.45, 2.75) is 11.3 Å². The number of sulfone groups is 1. The van der Waals surface area contributed by atoms with Crippen LogP contribution in [0.3, 0.4) is 0 Å². The molecular formula is C9H12BrNO3S. The predicted molar refractivity (Wildman–Crippen MR) is 61.1 cm³/mol. The summed E-state index contributed by atoms with van der Waals surface area (Å²) in [4.78, 5) is 4.74. The Bertz CT molecular complexity index is 445. The molecular weight excluding hydrogens is 282 g/mol. The average molecular weight is 294 g/mol. The molecule has 0 aliphatic rings. The molecule has 1 aromatic rings. The second-order valence-corrected chi connectivity index (χ2v) is 6.12. The lowest BCUT2D eigenvalue weighted by molar-refractivity contribution is 0.141. The molecule has 0 saturated heterocycles. The molecule has 0 fully saturated rings. The maximum Gasteiger partial charge on any atom is 0.175 e. The van der Waals surface area contributed by atoms with Gasteiger partial charge < -0.3 is 4.84 Å². The fourth-order valence-electron chi connectivity index (χ4n) is 1.16. The summed E-state index contributed by atoms with van der Waals surface area (Å²) in [6, 6.07) is 5.04. The van der Waals surface area contributed by atoms with Gasteiger partial charge in [-0.3, -0.25) is 0 Å². The largest absolute Gasteiger partial charge is 0.304 e. The molecule has 0 aromatic heterocycles. The van der Waals surface area contributed by atoms with Crippen molar-refractivity contribution in [2.24, 2.45) is 5.90 Å². The second-order valence-electron chi connectivity index (χ2n) is 3.19. The zero-order valence-corrected chi connectivity index (χ0v) is 10.6. The summed E-state index contributed by atoms with van der Waals surface area (Å²) >= 11 is 3.26. The minimum Gasteiger partial charge on any atom is -0.304 e. The summed E-state index contributed by atoms with van der Waals surface area (Å²) in [5, 5.41) is 0. The molecule has 0 amide bonds. The summed E-state index contributed by atoms with van der Waals surface area (Å²) in [7, 11) is -3.17. The van der Waals surface area contributed by atoms with Crippen molar-refractivity contribution in [3.05, 3.63) is 28.2 Å². The van der Waals surface area contributed by atoms with Crippen molar-refractivity contribution < 1.29 is 13.3 Å². The van der Waals surface area contributed by atoms with Crippen LogP contribution in [0.4, 0.5) is 0 Å². The highest BCUT2D eigenvalue weighted by atomic mass is 79.9. The van der Waals surface area contributed by atoms with E-state index in [1.807, 2.05) is 6.07 Å². The fourth-order valence-corrected chi connectivity index (χ4v) is 2.55. The average Bonchev–Trinajstić information content (AvgIpc) is 2.12. The summed E-state index contributed by atoms with van der Waals surface area (Å²) in [6.07, 6.45) is 1.76. The van der Waals surface area contributed by atoms with Crippen molar-refractivity contribution in [3.8, 4) is 0 Å². The minimum absolute atomic E-state index is 0.295. The first-order valence-corrected chi connectivity index (χ1v) is 6.93. The van der Waals surface area contributed by atoms with Crippen LogP contribution in [0, 0.1) is 0 Å². The van der Waals surface area contributed by atoms with E-state index in [1.165, 1.54) is 6.26 Å². The lowest BCUT2D eigenvalue weighted by atomic mass is 10.2. The molecule has 1 rings (SSSR count). The van der Waals surface area contributed by atoms with E-state index in [1.54, 1.807) is 12.1 Å². The van der Waals surface area contributed by atoms with Crippen LogP contribution < -0.4 is 5.90 Å². The van der Waals surface area contributed by atoms with Crippen LogP contribution in [-0.4, -0.2) is 21.3 Å². The smallest absolute Gasteiger partial charge is 0.175 e. The molecule has 0 atom stereocenters. The molecule has 0 aliphatic carbocycles. The molecule has 4 nitrogen and oxygen atoms in total. The lowest BCUT2D eigenvalue weighted by Crippen LogP contribution is -2.05. The molecule has 0 bridgehead atoms. The molecule has 0 heterocycles. The Hall–Kier alpha value is -0.430. The topological polar surface area (TPSA) is 69.4 Å². The summed E-state index contributed by atoms with van der Waals surface area (Å²) < 4.78 is 23.4. The molecule has 6 heteroatoms. The standard InChI is InChI=1S/C9H12BrNO3S/c1-15(12,13)9-5-7(2-3-14-11)4-8(10)6-9/h4-6H,2-3,11H2,1H3. The van der Waals surface area contributed by atoms with E-state index in [2.05, 4.69) is 20.8 Å². The first-order chi connectivity index (χ1) is 6.93. The van der Waals surface area contributed by atoms with Gasteiger partial charge in [0.1, 0.15) is 0 Å². The molecule has 0 unspecified atom stereocenters. The van der Waals surface area contributed by atoms with Crippen LogP contribution in [0.1, 0.15) is 5.56 Å². The Kier molecular flexibility index (Phi) is 4.27. The van der Waals surface area contributed by atoms with Crippen molar-refractivity contribution in [1.29, 1.82) is 0 Å². The maximum absolute atomic E-state index is 11.3. The molecule has 2 N–H and O–H groups in total. The minimum atomic E-state index is -3.17. The van der Waals surface area contributed by atoms with Crippen LogP contribution in [0.5, 0.6) is 0 Å². The van der Waals surface area contributed by atoms with E-state index in [9.17, 15) is 8.42 Å². The first kappa shape index (κ1) is 12.6. The van der Waals surface area contributed by atoms with Crippen LogP contribution in [-0.2, 0) is 21.1 Å². The lowest BCUT2D eigenvalue weighted by Gasteiger charge is -2.04. The maximum atomic E-state index is 11.3. The Balaban J connectivity index is 3.06. The third-order valence-corrected chi connectivity index (χ3v) is 3.42. The number of halogens is 1. The van der Waals surface area contributed by atoms with Crippen LogP contribution in [0.2, 0.25) is 0 Å². The van der Waals surface area contributed by atoms with Crippen molar-refractivity contribution >= 4 is 25.8 Å². The fraction of sp³-hybridized carbons (Fsp3) is 0.333. The zero-order chi connectivity index (χ0) is 11.5. The number of rotatable bonds is 4. The van der Waals surface area contributed by atoms with Crippen LogP contribution >= 0.6 is 15.9 Å². The SMILES string of the molecule is CS(=O)(=O)c1cc(Br)cc(CCON)c1. The Morgan fingerprint density at radius 1 is 1.40 bits per heavy atom. The van der Waals surface area contributed by atoms with E-state index in [4.69, 9.17) is 5.90 Å². The van der Waals surface area contributed by atoms with Crippen LogP contribution in [0.25, 0.3) is 0 Å². The van der Waals surface area contributed by atoms with Crippen LogP contribution in [0.15, 0.2) is 27.6 Å². The quantitative estimate of drug-likeness (QED) is 0.849. The molecule has 15 heavy (non-hydrogen) atoms. The predicted octanol–water partition coefficient (Wildman–Crippen LogP) is 1.29. The van der Waals surface area contributed by atoms with Gasteiger partial charge in [-0.25, -0.2) is 14.3 Å². The van der Waals surface area contributed by atoms with Crippen molar-refractivity contribution in [2.75, 3.05) is 12.9 Å². The third-order valence-electron chi connectivity index (χ3n) is 1.87. The Morgan fingerprint density at radius 3 is 2.60 bits per heavy atom. The highest BCUT2D eigenvalue weighted by Crippen LogP contribution is 2.19. The molecule has 0 spiro atoms. The van der Waals surface area contributed by atoms with E-state index in [0.717, 1.165) is 10.0 Å². The molecule has 0 aliphatic heterocycles. The highest BCUT2D eigenvalue weighted by Gasteiger charge is 2.09. The van der Waals surface area contributed by atoms with Gasteiger partial charge in [-0.15, -0.1) is 0 Å². The molecule has 0 radical (unpaired) electrons. The zero-order valence-electron chi connectivity index (χ0n) is 8.23. The second kappa shape index (κ2) is 5.07. The van der Waals surface area contributed by atoms with Gasteiger partial charge in [-0.05, 0) is 30.2 Å². The van der Waals surface area contributed by atoms with Gasteiger partial charge in [0, 0.05) is 10.7 Å². The van der Waals surface area contributed by atoms with E-state index < -0.39 is 9.84 Å². The van der Waals surface area contributed by atoms with E-state index >= 15 is 0 Å². The van der Waals surface area contributed by atoms with E-state index in [0.29, 0.717) is 17.9 Å². The van der Waals surface area contributed by atoms with Crippen molar-refractivity contribution in [3.63, 3.8) is 0 Å². The Labute approximate surface area is 97.4 Å². The number of benzene rings is 1. The van der Waals surface area contributed by atoms with Gasteiger partial charge in [0.2, 0.25) is 0 Å². The van der Waals surface area contributed by atoms with Gasteiger partial charge in [0.15, 0.2) is 9.84 Å². The molecule has 0 saturated carbocycles. The van der Waals surface area contributed by atoms with Gasteiger partial charge in [0.25, 0.3) is 0 Å². The van der Waals surface area contributed by atoms with E-state index in [-0.39, 0.29) is 0 Å². The van der Waals surface area contributed by atoms with Gasteiger partial charge >= 0.3 is 0 Å². The Morgan fingerprint density at radius 2 is 2.07 bits per heavy atom. The third kappa shape index (κ3) is 3.90. The van der Waals surface area contributed by atoms with Crippen molar-refractivity contribution in [1.82, 2.24) is 0 Å². The molecule has 1 aromatic carbocycles. The summed E-state index contributed by atoms with van der Waals surface area (Å²) in [6.45, 7) is 0.361. The summed E-state index contributed by atoms with van der Waals surface area (Å²) in [5.41, 5.74) is 0.871. The monoisotopic (exact) mass is 293 g/mol. The molecule has 84 valence electrons. The normalized spacial score (nSPS) is 11.7. The highest BCUT2D eigenvalue weighted by molar-refractivity contribution is 9.10. The van der Waals surface area contributed by atoms with Gasteiger partial charge in [-0.2, -0.15) is 0 Å². The number of nitrogens with two attached hydrogens (primary N) is 1. The van der Waals surface area contributed by atoms with Gasteiger partial charge in [-0.1, -0.05) is 15.9 Å². The first-order valence-electron chi connectivity index (χ1n) is 4.24. The number of hydrogen-bond donors (Lipinski definition) is 1.